The third-order valence-electron chi connectivity index (χ3n) is 0.877. The van der Waals surface area contributed by atoms with Crippen LogP contribution in [-0.4, -0.2) is 33.8 Å². The van der Waals surface area contributed by atoms with Crippen molar-refractivity contribution in [2.75, 3.05) is 19.4 Å². The van der Waals surface area contributed by atoms with Crippen molar-refractivity contribution in [3.8, 4) is 0 Å². The fraction of sp³-hybridized carbons (Fsp3) is 0.625. The number of nitrogens with one attached hydrogen (secondary N) is 1. The van der Waals surface area contributed by atoms with Crippen molar-refractivity contribution in [3.63, 3.8) is 0 Å². The number of carbonyl (C=O) groups excluding carboxylic acids is 1. The van der Waals surface area contributed by atoms with E-state index in [9.17, 15) is 13.2 Å². The number of sulfonamides is 1. The minimum absolute atomic E-state index is 0. The molecule has 0 fully saturated rings. The lowest BCUT2D eigenvalue weighted by atomic mass is 10.6. The molecule has 6 heteroatoms. The number of ether oxygens (including phenoxy) is 1. The molecule has 1 N–H and O–H groups in total. The van der Waals surface area contributed by atoms with Gasteiger partial charge in [0.2, 0.25) is 10.0 Å². The zero-order chi connectivity index (χ0) is 9.61. The van der Waals surface area contributed by atoms with Crippen molar-refractivity contribution in [2.24, 2.45) is 0 Å². The quantitative estimate of drug-likeness (QED) is 0.421. The minimum Gasteiger partial charge on any atom is -0.461 e. The molecule has 0 amide bonds. The smallest absolute Gasteiger partial charge is 0.330 e. The lowest BCUT2D eigenvalue weighted by Gasteiger charge is -2.01. The zero-order valence-corrected chi connectivity index (χ0v) is 7.56. The number of hydrogen-bond acceptors (Lipinski definition) is 4. The SMILES string of the molecule is C.C.C=CC(=O)OCCNS(C)(=O)=O. The summed E-state index contributed by atoms with van der Waals surface area (Å²) >= 11 is 0. The number of carbonyl (C=O) groups is 1. The fourth-order valence-corrected chi connectivity index (χ4v) is 0.892. The van der Waals surface area contributed by atoms with Crippen molar-refractivity contribution in [1.82, 2.24) is 4.72 Å². The molecule has 0 aromatic rings. The van der Waals surface area contributed by atoms with Crippen LogP contribution in [0.2, 0.25) is 0 Å². The van der Waals surface area contributed by atoms with Gasteiger partial charge in [0, 0.05) is 12.6 Å². The Morgan fingerprint density at radius 2 is 2.00 bits per heavy atom. The van der Waals surface area contributed by atoms with E-state index in [4.69, 9.17) is 0 Å². The van der Waals surface area contributed by atoms with Gasteiger partial charge in [0.05, 0.1) is 6.26 Å². The molecule has 14 heavy (non-hydrogen) atoms. The average molecular weight is 225 g/mol. The molecule has 0 rings (SSSR count). The van der Waals surface area contributed by atoms with E-state index < -0.39 is 16.0 Å². The first-order valence-electron chi connectivity index (χ1n) is 3.19. The van der Waals surface area contributed by atoms with Crippen LogP contribution < -0.4 is 4.72 Å². The summed E-state index contributed by atoms with van der Waals surface area (Å²) < 4.78 is 27.6. The third kappa shape index (κ3) is 13.7. The van der Waals surface area contributed by atoms with Crippen molar-refractivity contribution >= 4 is 16.0 Å². The maximum Gasteiger partial charge on any atom is 0.330 e. The molecular weight excluding hydrogens is 206 g/mol. The first-order valence-corrected chi connectivity index (χ1v) is 5.08. The number of hydrogen-bond donors (Lipinski definition) is 1. The Balaban J connectivity index is -0.000000605. The molecule has 0 aromatic heterocycles. The molecule has 5 nitrogen and oxygen atoms in total. The van der Waals surface area contributed by atoms with E-state index in [1.54, 1.807) is 0 Å². The summed E-state index contributed by atoms with van der Waals surface area (Å²) in [5.41, 5.74) is 0. The third-order valence-corrected chi connectivity index (χ3v) is 1.61. The van der Waals surface area contributed by atoms with E-state index in [2.05, 4.69) is 16.0 Å². The molecule has 0 saturated heterocycles. The van der Waals surface area contributed by atoms with Gasteiger partial charge in [0.1, 0.15) is 6.61 Å². The lowest BCUT2D eigenvalue weighted by Crippen LogP contribution is -2.26. The predicted octanol–water partition coefficient (Wildman–Crippen LogP) is 0.537. The molecule has 0 bridgehead atoms. The molecular formula is C8H19NO4S. The Bertz CT molecular complexity index is 259. The largest absolute Gasteiger partial charge is 0.461 e. The normalized spacial score (nSPS) is 9.21. The fourth-order valence-electron chi connectivity index (χ4n) is 0.438. The van der Waals surface area contributed by atoms with Crippen LogP contribution in [0, 0.1) is 0 Å². The molecule has 0 aliphatic heterocycles. The summed E-state index contributed by atoms with van der Waals surface area (Å²) in [6.07, 6.45) is 2.04. The van der Waals surface area contributed by atoms with Gasteiger partial charge in [-0.2, -0.15) is 0 Å². The van der Waals surface area contributed by atoms with Gasteiger partial charge in [0.15, 0.2) is 0 Å². The van der Waals surface area contributed by atoms with Crippen LogP contribution in [0.25, 0.3) is 0 Å². The molecule has 86 valence electrons. The van der Waals surface area contributed by atoms with E-state index in [1.165, 1.54) is 0 Å². The van der Waals surface area contributed by atoms with Crippen molar-refractivity contribution < 1.29 is 17.9 Å². The minimum atomic E-state index is -3.20. The summed E-state index contributed by atoms with van der Waals surface area (Å²) in [5, 5.41) is 0. The van der Waals surface area contributed by atoms with Gasteiger partial charge in [-0.1, -0.05) is 21.4 Å². The van der Waals surface area contributed by atoms with Crippen molar-refractivity contribution in [2.45, 2.75) is 14.9 Å². The second kappa shape index (κ2) is 8.71. The Morgan fingerprint density at radius 3 is 2.36 bits per heavy atom. The molecule has 0 spiro atoms. The summed E-state index contributed by atoms with van der Waals surface area (Å²) in [4.78, 5) is 10.4. The first-order chi connectivity index (χ1) is 5.45. The summed E-state index contributed by atoms with van der Waals surface area (Å²) in [5.74, 6) is -0.565. The van der Waals surface area contributed by atoms with Crippen molar-refractivity contribution in [3.05, 3.63) is 12.7 Å². The van der Waals surface area contributed by atoms with Crippen LogP contribution in [0.1, 0.15) is 14.9 Å². The van der Waals surface area contributed by atoms with Gasteiger partial charge in [-0.15, -0.1) is 0 Å². The van der Waals surface area contributed by atoms with Crippen LogP contribution in [0.15, 0.2) is 12.7 Å². The maximum atomic E-state index is 10.5. The van der Waals surface area contributed by atoms with E-state index in [1.807, 2.05) is 0 Å². The second-order valence-corrected chi connectivity index (χ2v) is 3.87. The van der Waals surface area contributed by atoms with Gasteiger partial charge in [0.25, 0.3) is 0 Å². The Labute approximate surface area is 86.2 Å². The van der Waals surface area contributed by atoms with Crippen LogP contribution >= 0.6 is 0 Å². The van der Waals surface area contributed by atoms with Crippen LogP contribution in [-0.2, 0) is 19.6 Å². The maximum absolute atomic E-state index is 10.5. The van der Waals surface area contributed by atoms with Crippen LogP contribution in [0.5, 0.6) is 0 Å². The molecule has 0 aromatic carbocycles. The topological polar surface area (TPSA) is 72.5 Å². The molecule has 0 unspecified atom stereocenters. The highest BCUT2D eigenvalue weighted by molar-refractivity contribution is 7.88. The van der Waals surface area contributed by atoms with E-state index in [0.717, 1.165) is 12.3 Å². The highest BCUT2D eigenvalue weighted by Gasteiger charge is 1.99. The first kappa shape index (κ1) is 18.8. The van der Waals surface area contributed by atoms with Gasteiger partial charge in [-0.05, 0) is 0 Å². The summed E-state index contributed by atoms with van der Waals surface area (Å²) in [6.45, 7) is 3.27. The zero-order valence-electron chi connectivity index (χ0n) is 6.74. The van der Waals surface area contributed by atoms with E-state index >= 15 is 0 Å². The van der Waals surface area contributed by atoms with E-state index in [-0.39, 0.29) is 28.0 Å². The predicted molar refractivity (Wildman–Crippen MR) is 57.5 cm³/mol. The Kier molecular flexibility index (Phi) is 11.7. The molecule has 0 atom stereocenters. The van der Waals surface area contributed by atoms with Gasteiger partial charge < -0.3 is 4.74 Å². The molecule has 0 heterocycles. The van der Waals surface area contributed by atoms with E-state index in [0.29, 0.717) is 0 Å². The van der Waals surface area contributed by atoms with Gasteiger partial charge >= 0.3 is 5.97 Å². The van der Waals surface area contributed by atoms with Crippen LogP contribution in [0.4, 0.5) is 0 Å². The van der Waals surface area contributed by atoms with Crippen LogP contribution in [0.3, 0.4) is 0 Å². The van der Waals surface area contributed by atoms with Gasteiger partial charge in [-0.25, -0.2) is 17.9 Å². The standard InChI is InChI=1S/C6H11NO4S.2CH4/c1-3-6(8)11-5-4-7-12(2,9)10;;/h3,7H,1,4-5H2,2H3;2*1H4. The molecule has 0 aliphatic rings. The molecule has 0 aliphatic carbocycles. The van der Waals surface area contributed by atoms with Gasteiger partial charge in [-0.3, -0.25) is 0 Å². The summed E-state index contributed by atoms with van der Waals surface area (Å²) in [7, 11) is -3.20. The highest BCUT2D eigenvalue weighted by atomic mass is 32.2. The molecule has 0 saturated carbocycles. The monoisotopic (exact) mass is 225 g/mol. The second-order valence-electron chi connectivity index (χ2n) is 2.04. The Morgan fingerprint density at radius 1 is 1.50 bits per heavy atom. The Hall–Kier alpha value is -0.880. The average Bonchev–Trinajstić information content (AvgIpc) is 1.96. The highest BCUT2D eigenvalue weighted by Crippen LogP contribution is 1.79. The lowest BCUT2D eigenvalue weighted by molar-refractivity contribution is -0.137. The summed E-state index contributed by atoms with van der Waals surface area (Å²) in [6, 6.07) is 0. The molecule has 0 radical (unpaired) electrons. The number of rotatable bonds is 5. The van der Waals surface area contributed by atoms with Crippen molar-refractivity contribution in [1.29, 1.82) is 0 Å². The number of esters is 1.